The van der Waals surface area contributed by atoms with Crippen LogP contribution < -0.4 is 0 Å². The van der Waals surface area contributed by atoms with Crippen molar-refractivity contribution in [3.05, 3.63) is 6.33 Å². The zero-order valence-electron chi connectivity index (χ0n) is 8.46. The zero-order chi connectivity index (χ0) is 10.9. The average molecular weight is 231 g/mol. The van der Waals surface area contributed by atoms with Crippen molar-refractivity contribution in [2.24, 2.45) is 7.05 Å². The predicted octanol–water partition coefficient (Wildman–Crippen LogP) is -0.232. The third-order valence-electron chi connectivity index (χ3n) is 2.38. The zero-order valence-corrected chi connectivity index (χ0v) is 9.27. The second-order valence-corrected chi connectivity index (χ2v) is 5.57. The van der Waals surface area contributed by atoms with E-state index in [1.807, 2.05) is 0 Å². The molecule has 0 bridgehead atoms. The number of aryl methyl sites for hydroxylation is 1. The van der Waals surface area contributed by atoms with Crippen LogP contribution in [0.1, 0.15) is 12.8 Å². The van der Waals surface area contributed by atoms with Crippen molar-refractivity contribution in [1.29, 1.82) is 0 Å². The number of nitrogens with zero attached hydrogens (tertiary/aromatic N) is 3. The first kappa shape index (κ1) is 10.6. The molecule has 15 heavy (non-hydrogen) atoms. The van der Waals surface area contributed by atoms with E-state index in [0.717, 1.165) is 12.8 Å². The van der Waals surface area contributed by atoms with E-state index in [-0.39, 0.29) is 17.0 Å². The third kappa shape index (κ3) is 2.18. The molecule has 0 saturated carbocycles. The van der Waals surface area contributed by atoms with Crippen LogP contribution in [0.4, 0.5) is 0 Å². The molecule has 0 aromatic carbocycles. The summed E-state index contributed by atoms with van der Waals surface area (Å²) in [6.45, 7) is 0.652. The lowest BCUT2D eigenvalue weighted by molar-refractivity contribution is 0.127. The van der Waals surface area contributed by atoms with E-state index in [4.69, 9.17) is 4.74 Å². The van der Waals surface area contributed by atoms with E-state index in [9.17, 15) is 8.42 Å². The second-order valence-electron chi connectivity index (χ2n) is 3.64. The van der Waals surface area contributed by atoms with Crippen LogP contribution in [0.25, 0.3) is 0 Å². The van der Waals surface area contributed by atoms with Crippen molar-refractivity contribution in [2.45, 2.75) is 24.1 Å². The third-order valence-corrected chi connectivity index (χ3v) is 4.11. The highest BCUT2D eigenvalue weighted by atomic mass is 32.2. The number of sulfone groups is 1. The minimum atomic E-state index is -3.37. The molecule has 1 aromatic rings. The highest BCUT2D eigenvalue weighted by Crippen LogP contribution is 2.17. The Balaban J connectivity index is 2.16. The summed E-state index contributed by atoms with van der Waals surface area (Å²) in [6, 6.07) is 0. The maximum absolute atomic E-state index is 11.9. The summed E-state index contributed by atoms with van der Waals surface area (Å²) in [5.41, 5.74) is 0. The molecule has 2 rings (SSSR count). The van der Waals surface area contributed by atoms with Crippen molar-refractivity contribution in [1.82, 2.24) is 14.8 Å². The Hall–Kier alpha value is -0.950. The number of rotatable bonds is 3. The Kier molecular flexibility index (Phi) is 2.74. The summed E-state index contributed by atoms with van der Waals surface area (Å²) in [4.78, 5) is 0. The minimum absolute atomic E-state index is 0.000463. The minimum Gasteiger partial charge on any atom is -0.377 e. The van der Waals surface area contributed by atoms with Gasteiger partial charge in [0.05, 0.1) is 11.9 Å². The van der Waals surface area contributed by atoms with E-state index >= 15 is 0 Å². The molecule has 84 valence electrons. The molecule has 1 aliphatic heterocycles. The quantitative estimate of drug-likeness (QED) is 0.718. The van der Waals surface area contributed by atoms with Gasteiger partial charge in [-0.3, -0.25) is 0 Å². The first-order valence-corrected chi connectivity index (χ1v) is 6.43. The van der Waals surface area contributed by atoms with Gasteiger partial charge in [0.25, 0.3) is 0 Å². The Labute approximate surface area is 88.2 Å². The van der Waals surface area contributed by atoms with Gasteiger partial charge in [0.15, 0.2) is 0 Å². The van der Waals surface area contributed by atoms with Gasteiger partial charge in [-0.1, -0.05) is 0 Å². The normalized spacial score (nSPS) is 22.1. The predicted molar refractivity (Wildman–Crippen MR) is 52.0 cm³/mol. The van der Waals surface area contributed by atoms with Crippen LogP contribution in [0.3, 0.4) is 0 Å². The first-order chi connectivity index (χ1) is 7.09. The van der Waals surface area contributed by atoms with Gasteiger partial charge in [-0.15, -0.1) is 10.2 Å². The lowest BCUT2D eigenvalue weighted by atomic mass is 10.3. The van der Waals surface area contributed by atoms with Crippen molar-refractivity contribution < 1.29 is 13.2 Å². The van der Waals surface area contributed by atoms with Gasteiger partial charge in [0.1, 0.15) is 6.33 Å². The van der Waals surface area contributed by atoms with Gasteiger partial charge in [-0.25, -0.2) is 8.42 Å². The standard InChI is InChI=1S/C8H13N3O3S/c1-11-6-9-10-8(11)15(12,13)5-7-3-2-4-14-7/h6-7H,2-5H2,1H3. The molecule has 1 fully saturated rings. The summed E-state index contributed by atoms with van der Waals surface area (Å²) in [5, 5.41) is 7.17. The van der Waals surface area contributed by atoms with Crippen molar-refractivity contribution in [2.75, 3.05) is 12.4 Å². The van der Waals surface area contributed by atoms with Crippen LogP contribution in [0.5, 0.6) is 0 Å². The lowest BCUT2D eigenvalue weighted by Crippen LogP contribution is -2.22. The Morgan fingerprint density at radius 2 is 2.47 bits per heavy atom. The largest absolute Gasteiger partial charge is 0.377 e. The molecular weight excluding hydrogens is 218 g/mol. The molecule has 1 unspecified atom stereocenters. The van der Waals surface area contributed by atoms with Crippen LogP contribution in [-0.4, -0.2) is 41.6 Å². The van der Waals surface area contributed by atoms with E-state index in [1.165, 1.54) is 10.9 Å². The summed E-state index contributed by atoms with van der Waals surface area (Å²) >= 11 is 0. The molecule has 1 atom stereocenters. The Morgan fingerprint density at radius 3 is 3.00 bits per heavy atom. The van der Waals surface area contributed by atoms with Crippen LogP contribution >= 0.6 is 0 Å². The maximum atomic E-state index is 11.9. The topological polar surface area (TPSA) is 74.1 Å². The summed E-state index contributed by atoms with van der Waals surface area (Å²) in [5.74, 6) is -0.000463. The highest BCUT2D eigenvalue weighted by Gasteiger charge is 2.27. The summed E-state index contributed by atoms with van der Waals surface area (Å²) in [6.07, 6.45) is 2.92. The van der Waals surface area contributed by atoms with Crippen molar-refractivity contribution >= 4 is 9.84 Å². The van der Waals surface area contributed by atoms with Crippen LogP contribution in [0.15, 0.2) is 11.5 Å². The molecule has 0 N–H and O–H groups in total. The fraction of sp³-hybridized carbons (Fsp3) is 0.750. The van der Waals surface area contributed by atoms with Crippen molar-refractivity contribution in [3.63, 3.8) is 0 Å². The van der Waals surface area contributed by atoms with E-state index in [2.05, 4.69) is 10.2 Å². The molecule has 6 nitrogen and oxygen atoms in total. The SMILES string of the molecule is Cn1cnnc1S(=O)(=O)CC1CCCO1. The van der Waals surface area contributed by atoms with Gasteiger partial charge in [0.2, 0.25) is 15.0 Å². The Bertz CT molecular complexity index is 434. The molecule has 0 spiro atoms. The van der Waals surface area contributed by atoms with Crippen LogP contribution in [0, 0.1) is 0 Å². The van der Waals surface area contributed by atoms with E-state index in [1.54, 1.807) is 7.05 Å². The molecule has 0 amide bonds. The maximum Gasteiger partial charge on any atom is 0.249 e. The van der Waals surface area contributed by atoms with Crippen LogP contribution in [-0.2, 0) is 21.6 Å². The molecule has 1 aliphatic rings. The fourth-order valence-electron chi connectivity index (χ4n) is 1.65. The van der Waals surface area contributed by atoms with Gasteiger partial charge in [0, 0.05) is 13.7 Å². The smallest absolute Gasteiger partial charge is 0.249 e. The molecule has 7 heteroatoms. The van der Waals surface area contributed by atoms with Gasteiger partial charge in [-0.05, 0) is 12.8 Å². The fourth-order valence-corrected chi connectivity index (χ4v) is 3.21. The molecule has 1 aromatic heterocycles. The Morgan fingerprint density at radius 1 is 1.67 bits per heavy atom. The van der Waals surface area contributed by atoms with Gasteiger partial charge >= 0.3 is 0 Å². The molecular formula is C8H13N3O3S. The summed E-state index contributed by atoms with van der Waals surface area (Å²) in [7, 11) is -1.75. The summed E-state index contributed by atoms with van der Waals surface area (Å²) < 4.78 is 30.4. The lowest BCUT2D eigenvalue weighted by Gasteiger charge is -2.08. The average Bonchev–Trinajstić information content (AvgIpc) is 2.75. The highest BCUT2D eigenvalue weighted by molar-refractivity contribution is 7.91. The number of ether oxygens (including phenoxy) is 1. The molecule has 0 radical (unpaired) electrons. The number of aromatic nitrogens is 3. The van der Waals surface area contributed by atoms with Gasteiger partial charge < -0.3 is 9.30 Å². The number of hydrogen-bond acceptors (Lipinski definition) is 5. The van der Waals surface area contributed by atoms with E-state index in [0.29, 0.717) is 6.61 Å². The first-order valence-electron chi connectivity index (χ1n) is 4.78. The molecule has 1 saturated heterocycles. The monoisotopic (exact) mass is 231 g/mol. The van der Waals surface area contributed by atoms with E-state index < -0.39 is 9.84 Å². The van der Waals surface area contributed by atoms with Gasteiger partial charge in [-0.2, -0.15) is 0 Å². The second kappa shape index (κ2) is 3.90. The number of hydrogen-bond donors (Lipinski definition) is 0. The van der Waals surface area contributed by atoms with Crippen LogP contribution in [0.2, 0.25) is 0 Å². The molecule has 2 heterocycles. The van der Waals surface area contributed by atoms with Crippen molar-refractivity contribution in [3.8, 4) is 0 Å². The molecule has 0 aliphatic carbocycles.